The first kappa shape index (κ1) is 14.6. The molecule has 0 aromatic heterocycles. The summed E-state index contributed by atoms with van der Waals surface area (Å²) in [4.78, 5) is 25.4. The Bertz CT molecular complexity index is 698. The van der Waals surface area contributed by atoms with Crippen molar-refractivity contribution in [1.82, 2.24) is 5.32 Å². The minimum Gasteiger partial charge on any atom is -0.336 e. The number of anilines is 2. The Morgan fingerprint density at radius 1 is 1.09 bits per heavy atom. The first-order valence-corrected chi connectivity index (χ1v) is 7.65. The van der Waals surface area contributed by atoms with Gasteiger partial charge in [0.05, 0.1) is 0 Å². The second kappa shape index (κ2) is 6.19. The van der Waals surface area contributed by atoms with Crippen LogP contribution in [0.15, 0.2) is 53.0 Å². The van der Waals surface area contributed by atoms with Gasteiger partial charge in [0, 0.05) is 34.5 Å². The molecule has 1 aliphatic heterocycles. The van der Waals surface area contributed by atoms with Crippen molar-refractivity contribution in [2.75, 3.05) is 23.3 Å². The lowest BCUT2D eigenvalue weighted by Crippen LogP contribution is -2.27. The van der Waals surface area contributed by atoms with Crippen molar-refractivity contribution < 1.29 is 9.59 Å². The Labute approximate surface area is 136 Å². The highest BCUT2D eigenvalue weighted by Gasteiger charge is 2.20. The zero-order chi connectivity index (χ0) is 15.5. The lowest BCUT2D eigenvalue weighted by Gasteiger charge is -2.14. The van der Waals surface area contributed by atoms with Crippen LogP contribution < -0.4 is 15.5 Å². The maximum atomic E-state index is 12.1. The van der Waals surface area contributed by atoms with Gasteiger partial charge in [-0.3, -0.25) is 9.69 Å². The number of halogens is 1. The van der Waals surface area contributed by atoms with E-state index in [2.05, 4.69) is 26.6 Å². The first-order valence-electron chi connectivity index (χ1n) is 6.86. The summed E-state index contributed by atoms with van der Waals surface area (Å²) >= 11 is 3.34. The Morgan fingerprint density at radius 2 is 1.77 bits per heavy atom. The molecule has 0 saturated carbocycles. The summed E-state index contributed by atoms with van der Waals surface area (Å²) in [7, 11) is 0. The summed E-state index contributed by atoms with van der Waals surface area (Å²) < 4.78 is 0.928. The molecule has 1 fully saturated rings. The number of benzene rings is 2. The van der Waals surface area contributed by atoms with Gasteiger partial charge in [-0.1, -0.05) is 15.9 Å². The molecule has 3 amide bonds. The molecular weight excluding hydrogens is 346 g/mol. The van der Waals surface area contributed by atoms with Crippen LogP contribution in [0.25, 0.3) is 0 Å². The van der Waals surface area contributed by atoms with Gasteiger partial charge in [0.15, 0.2) is 0 Å². The number of nitrogens with one attached hydrogen (secondary N) is 2. The summed E-state index contributed by atoms with van der Waals surface area (Å²) in [5.74, 6) is -0.167. The van der Waals surface area contributed by atoms with Crippen LogP contribution in [0.5, 0.6) is 0 Å². The van der Waals surface area contributed by atoms with Gasteiger partial charge >= 0.3 is 6.03 Å². The summed E-state index contributed by atoms with van der Waals surface area (Å²) in [5, 5.41) is 5.59. The molecular formula is C16H14BrN3O2. The molecule has 1 aliphatic rings. The molecule has 0 radical (unpaired) electrons. The zero-order valence-electron chi connectivity index (χ0n) is 11.7. The second-order valence-corrected chi connectivity index (χ2v) is 5.81. The number of hydrogen-bond acceptors (Lipinski definition) is 2. The van der Waals surface area contributed by atoms with E-state index in [1.807, 2.05) is 24.3 Å². The van der Waals surface area contributed by atoms with Crippen molar-refractivity contribution in [2.24, 2.45) is 0 Å². The number of carbonyl (C=O) groups excluding carboxylic acids is 2. The highest BCUT2D eigenvalue weighted by atomic mass is 79.9. The molecule has 2 aromatic rings. The predicted octanol–water partition coefficient (Wildman–Crippen LogP) is 3.23. The van der Waals surface area contributed by atoms with E-state index in [1.165, 1.54) is 0 Å². The van der Waals surface area contributed by atoms with Gasteiger partial charge in [0.25, 0.3) is 5.91 Å². The molecule has 0 spiro atoms. The van der Waals surface area contributed by atoms with Gasteiger partial charge < -0.3 is 10.6 Å². The highest BCUT2D eigenvalue weighted by Crippen LogP contribution is 2.20. The van der Waals surface area contributed by atoms with E-state index in [9.17, 15) is 9.59 Å². The molecule has 0 aliphatic carbocycles. The van der Waals surface area contributed by atoms with Crippen molar-refractivity contribution in [1.29, 1.82) is 0 Å². The number of nitrogens with zero attached hydrogens (tertiary/aromatic N) is 1. The van der Waals surface area contributed by atoms with Crippen LogP contribution in [0.1, 0.15) is 10.4 Å². The Morgan fingerprint density at radius 3 is 2.36 bits per heavy atom. The highest BCUT2D eigenvalue weighted by molar-refractivity contribution is 9.10. The minimum atomic E-state index is -0.167. The molecule has 112 valence electrons. The SMILES string of the molecule is O=C(Nc1ccc(N2CCNC2=O)cc1)c1ccc(Br)cc1. The van der Waals surface area contributed by atoms with Crippen molar-refractivity contribution in [3.63, 3.8) is 0 Å². The fourth-order valence-electron chi connectivity index (χ4n) is 2.25. The standard InChI is InChI=1S/C16H14BrN3O2/c17-12-3-1-11(2-4-12)15(21)19-13-5-7-14(8-6-13)20-10-9-18-16(20)22/h1-8H,9-10H2,(H,18,22)(H,19,21). The maximum Gasteiger partial charge on any atom is 0.321 e. The third kappa shape index (κ3) is 3.12. The number of carbonyl (C=O) groups is 2. The molecule has 22 heavy (non-hydrogen) atoms. The van der Waals surface area contributed by atoms with Crippen LogP contribution in [0.3, 0.4) is 0 Å². The van der Waals surface area contributed by atoms with E-state index in [1.54, 1.807) is 29.2 Å². The van der Waals surface area contributed by atoms with Crippen molar-refractivity contribution >= 4 is 39.2 Å². The van der Waals surface area contributed by atoms with Crippen LogP contribution in [-0.4, -0.2) is 25.0 Å². The number of rotatable bonds is 3. The maximum absolute atomic E-state index is 12.1. The molecule has 5 nitrogen and oxygen atoms in total. The lowest BCUT2D eigenvalue weighted by atomic mass is 10.2. The second-order valence-electron chi connectivity index (χ2n) is 4.89. The fraction of sp³-hybridized carbons (Fsp3) is 0.125. The fourth-order valence-corrected chi connectivity index (χ4v) is 2.51. The molecule has 1 heterocycles. The van der Waals surface area contributed by atoms with Gasteiger partial charge in [0.2, 0.25) is 0 Å². The normalized spacial score (nSPS) is 13.9. The Hall–Kier alpha value is -2.34. The van der Waals surface area contributed by atoms with Crippen LogP contribution in [0.4, 0.5) is 16.2 Å². The van der Waals surface area contributed by atoms with Crippen LogP contribution in [0.2, 0.25) is 0 Å². The molecule has 0 atom stereocenters. The van der Waals surface area contributed by atoms with Crippen LogP contribution >= 0.6 is 15.9 Å². The van der Waals surface area contributed by atoms with Gasteiger partial charge in [0.1, 0.15) is 0 Å². The average Bonchev–Trinajstić information content (AvgIpc) is 2.95. The Kier molecular flexibility index (Phi) is 4.11. The molecule has 3 rings (SSSR count). The molecule has 2 aromatic carbocycles. The number of amides is 3. The largest absolute Gasteiger partial charge is 0.336 e. The van der Waals surface area contributed by atoms with E-state index in [0.29, 0.717) is 24.3 Å². The number of hydrogen-bond donors (Lipinski definition) is 2. The number of urea groups is 1. The van der Waals surface area contributed by atoms with Gasteiger partial charge in [-0.15, -0.1) is 0 Å². The Balaban J connectivity index is 1.69. The summed E-state index contributed by atoms with van der Waals surface area (Å²) in [6.07, 6.45) is 0. The van der Waals surface area contributed by atoms with Crippen molar-refractivity contribution in [3.8, 4) is 0 Å². The third-order valence-electron chi connectivity index (χ3n) is 3.40. The topological polar surface area (TPSA) is 61.4 Å². The average molecular weight is 360 g/mol. The van der Waals surface area contributed by atoms with Gasteiger partial charge in [-0.05, 0) is 48.5 Å². The molecule has 0 bridgehead atoms. The summed E-state index contributed by atoms with van der Waals surface area (Å²) in [6, 6.07) is 14.3. The smallest absolute Gasteiger partial charge is 0.321 e. The minimum absolute atomic E-state index is 0.0911. The molecule has 6 heteroatoms. The monoisotopic (exact) mass is 359 g/mol. The third-order valence-corrected chi connectivity index (χ3v) is 3.93. The molecule has 0 unspecified atom stereocenters. The van der Waals surface area contributed by atoms with E-state index in [4.69, 9.17) is 0 Å². The predicted molar refractivity (Wildman–Crippen MR) is 89.3 cm³/mol. The molecule has 1 saturated heterocycles. The van der Waals surface area contributed by atoms with Crippen LogP contribution in [-0.2, 0) is 0 Å². The molecule has 2 N–H and O–H groups in total. The van der Waals surface area contributed by atoms with Crippen molar-refractivity contribution in [3.05, 3.63) is 58.6 Å². The summed E-state index contributed by atoms with van der Waals surface area (Å²) in [5.41, 5.74) is 2.10. The quantitative estimate of drug-likeness (QED) is 0.883. The van der Waals surface area contributed by atoms with E-state index in [0.717, 1.165) is 10.2 Å². The summed E-state index contributed by atoms with van der Waals surface area (Å²) in [6.45, 7) is 1.31. The van der Waals surface area contributed by atoms with E-state index in [-0.39, 0.29) is 11.9 Å². The van der Waals surface area contributed by atoms with Gasteiger partial charge in [-0.2, -0.15) is 0 Å². The lowest BCUT2D eigenvalue weighted by molar-refractivity contribution is 0.102. The van der Waals surface area contributed by atoms with E-state index >= 15 is 0 Å². The first-order chi connectivity index (χ1) is 10.6. The zero-order valence-corrected chi connectivity index (χ0v) is 13.3. The van der Waals surface area contributed by atoms with Gasteiger partial charge in [-0.25, -0.2) is 4.79 Å². The van der Waals surface area contributed by atoms with Crippen molar-refractivity contribution in [2.45, 2.75) is 0 Å². The van der Waals surface area contributed by atoms with E-state index < -0.39 is 0 Å². The van der Waals surface area contributed by atoms with Crippen LogP contribution in [0, 0.1) is 0 Å².